The summed E-state index contributed by atoms with van der Waals surface area (Å²) in [6, 6.07) is 4.84. The zero-order valence-electron chi connectivity index (χ0n) is 35.1. The van der Waals surface area contributed by atoms with Crippen LogP contribution in [0.5, 0.6) is 5.88 Å². The lowest BCUT2D eigenvalue weighted by Crippen LogP contribution is -2.65. The second kappa shape index (κ2) is 13.8. The van der Waals surface area contributed by atoms with E-state index in [9.17, 15) is 36.0 Å². The highest BCUT2D eigenvalue weighted by molar-refractivity contribution is 7.88. The van der Waals surface area contributed by atoms with Crippen molar-refractivity contribution in [3.8, 4) is 17.1 Å². The molecule has 2 aromatic heterocycles. The van der Waals surface area contributed by atoms with E-state index in [4.69, 9.17) is 18.6 Å². The molecule has 0 spiro atoms. The maximum atomic E-state index is 14.6. The van der Waals surface area contributed by atoms with E-state index in [0.29, 0.717) is 68.4 Å². The fraction of sp³-hybridized carbons (Fsp3) is 0.698. The van der Waals surface area contributed by atoms with Crippen LogP contribution >= 0.6 is 0 Å². The van der Waals surface area contributed by atoms with Gasteiger partial charge in [0.15, 0.2) is 5.78 Å². The number of pyridine rings is 2. The number of nitrogens with zero attached hydrogens (tertiary/aromatic N) is 4. The number of Topliss-reactive ketones (excluding diaryl/α,β-unsaturated/α-hetero) is 1. The van der Waals surface area contributed by atoms with E-state index in [1.165, 1.54) is 0 Å². The van der Waals surface area contributed by atoms with Crippen molar-refractivity contribution >= 4 is 28.1 Å². The van der Waals surface area contributed by atoms with Gasteiger partial charge in [-0.3, -0.25) is 14.6 Å². The topological polar surface area (TPSA) is 145 Å². The van der Waals surface area contributed by atoms with Crippen molar-refractivity contribution in [3.05, 3.63) is 40.7 Å². The van der Waals surface area contributed by atoms with Gasteiger partial charge in [0.1, 0.15) is 16.9 Å². The lowest BCUT2D eigenvalue weighted by atomic mass is 9.53. The third-order valence-corrected chi connectivity index (χ3v) is 14.6. The van der Waals surface area contributed by atoms with Crippen LogP contribution in [0.15, 0.2) is 18.2 Å². The maximum Gasteiger partial charge on any atom is 0.534 e. The third kappa shape index (κ3) is 6.77. The summed E-state index contributed by atoms with van der Waals surface area (Å²) in [6.45, 7) is 15.7. The molecular weight excluding hydrogens is 790 g/mol. The number of halogens is 3. The van der Waals surface area contributed by atoms with Gasteiger partial charge in [-0.05, 0) is 141 Å². The summed E-state index contributed by atoms with van der Waals surface area (Å²) < 4.78 is 84.3. The number of likely N-dealkylation sites (tertiary alicyclic amines) is 2. The van der Waals surface area contributed by atoms with Gasteiger partial charge < -0.3 is 13.7 Å². The van der Waals surface area contributed by atoms with Crippen molar-refractivity contribution in [1.82, 2.24) is 19.8 Å². The van der Waals surface area contributed by atoms with Gasteiger partial charge in [-0.1, -0.05) is 19.9 Å². The molecule has 0 aromatic carbocycles. The Morgan fingerprint density at radius 3 is 1.95 bits per heavy atom. The van der Waals surface area contributed by atoms with Crippen LogP contribution in [0, 0.1) is 35.5 Å². The number of ketones is 1. The number of carbonyl (C=O) groups is 3. The molecule has 12 nitrogen and oxygen atoms in total. The smallest absolute Gasteiger partial charge is 0.444 e. The van der Waals surface area contributed by atoms with E-state index >= 15 is 0 Å². The molecule has 0 N–H and O–H groups in total. The Morgan fingerprint density at radius 1 is 0.814 bits per heavy atom. The first-order valence-electron chi connectivity index (χ1n) is 21.0. The molecule has 2 amide bonds. The molecule has 6 aliphatic rings. The zero-order chi connectivity index (χ0) is 42.8. The molecule has 8 atom stereocenters. The van der Waals surface area contributed by atoms with Crippen LogP contribution in [0.2, 0.25) is 0 Å². The molecule has 2 aromatic rings. The third-order valence-electron chi connectivity index (χ3n) is 13.6. The molecule has 0 unspecified atom stereocenters. The molecule has 59 heavy (non-hydrogen) atoms. The highest BCUT2D eigenvalue weighted by Crippen LogP contribution is 2.61. The fourth-order valence-corrected chi connectivity index (χ4v) is 12.4. The molecule has 4 heterocycles. The Bertz CT molecular complexity index is 2200. The standard InChI is InChI=1S/C43H55F3N4O8S/c1-23-17-25-19-33-31(41(21-23)28(25)11-9-15-49(41)37(52)56-39(3,4)5)20-27(36(48-33)58-59(54,55)43(44,45)46)32-14-13-30-34(47-32)35(51)26-18-24(2)22-42(30)29(26)12-10-16-50(42)38(53)57-40(6,7)8/h13-14,20,23-26,28-29H,9-12,15-19,21-22H2,1-8H3/t23-,24-,25+,26-,28-,29-,41-,42-/m1/s1. The van der Waals surface area contributed by atoms with Crippen LogP contribution in [0.1, 0.15) is 134 Å². The number of amides is 2. The van der Waals surface area contributed by atoms with Crippen LogP contribution in [0.3, 0.4) is 0 Å². The quantitative estimate of drug-likeness (QED) is 0.217. The van der Waals surface area contributed by atoms with Crippen molar-refractivity contribution in [1.29, 1.82) is 0 Å². The Kier molecular flexibility index (Phi) is 9.76. The summed E-state index contributed by atoms with van der Waals surface area (Å²) >= 11 is 0. The molecular formula is C43H55F3N4O8S. The van der Waals surface area contributed by atoms with E-state index < -0.39 is 61.9 Å². The van der Waals surface area contributed by atoms with Crippen LogP contribution in [0.25, 0.3) is 11.3 Å². The molecule has 16 heteroatoms. The summed E-state index contributed by atoms with van der Waals surface area (Å²) in [4.78, 5) is 55.8. The summed E-state index contributed by atoms with van der Waals surface area (Å²) in [6.07, 6.45) is 4.71. The number of hydrogen-bond acceptors (Lipinski definition) is 10. The van der Waals surface area contributed by atoms with Crippen molar-refractivity contribution in [2.45, 2.75) is 141 Å². The number of alkyl halides is 3. The van der Waals surface area contributed by atoms with Gasteiger partial charge in [-0.2, -0.15) is 21.6 Å². The van der Waals surface area contributed by atoms with Crippen LogP contribution in [0.4, 0.5) is 22.8 Å². The summed E-state index contributed by atoms with van der Waals surface area (Å²) in [5.41, 5.74) is -7.88. The zero-order valence-corrected chi connectivity index (χ0v) is 35.9. The molecule has 4 bridgehead atoms. The normalized spacial score (nSPS) is 31.6. The van der Waals surface area contributed by atoms with Gasteiger partial charge in [0.05, 0.1) is 28.0 Å². The van der Waals surface area contributed by atoms with E-state index in [1.807, 2.05) is 0 Å². The number of piperidine rings is 2. The summed E-state index contributed by atoms with van der Waals surface area (Å²) in [5.74, 6) is -1.49. The summed E-state index contributed by atoms with van der Waals surface area (Å²) in [7, 11) is -6.20. The van der Waals surface area contributed by atoms with Crippen LogP contribution in [-0.4, -0.2) is 76.0 Å². The number of aromatic nitrogens is 2. The predicted octanol–water partition coefficient (Wildman–Crippen LogP) is 8.90. The minimum absolute atomic E-state index is 0.0128. The van der Waals surface area contributed by atoms with E-state index in [-0.39, 0.29) is 52.3 Å². The average Bonchev–Trinajstić information content (AvgIpc) is 3.10. The minimum atomic E-state index is -6.20. The molecule has 2 aliphatic heterocycles. The number of rotatable bonds is 3. The molecule has 2 saturated heterocycles. The Labute approximate surface area is 344 Å². The molecule has 4 aliphatic carbocycles. The Balaban J connectivity index is 1.34. The lowest BCUT2D eigenvalue weighted by Gasteiger charge is -2.61. The van der Waals surface area contributed by atoms with Gasteiger partial charge in [0.2, 0.25) is 5.88 Å². The van der Waals surface area contributed by atoms with Crippen molar-refractivity contribution in [3.63, 3.8) is 0 Å². The van der Waals surface area contributed by atoms with Gasteiger partial charge in [-0.25, -0.2) is 19.6 Å². The van der Waals surface area contributed by atoms with Gasteiger partial charge >= 0.3 is 27.8 Å². The van der Waals surface area contributed by atoms with E-state index in [2.05, 4.69) is 18.8 Å². The van der Waals surface area contributed by atoms with Gasteiger partial charge in [0.25, 0.3) is 0 Å². The first-order valence-corrected chi connectivity index (χ1v) is 22.4. The molecule has 0 radical (unpaired) electrons. The second-order valence-electron chi connectivity index (χ2n) is 20.0. The minimum Gasteiger partial charge on any atom is -0.444 e. The number of hydrogen-bond donors (Lipinski definition) is 0. The molecule has 322 valence electrons. The number of ether oxygens (including phenoxy) is 2. The first-order chi connectivity index (χ1) is 27.4. The molecule has 4 fully saturated rings. The SMILES string of the molecule is C[C@@H]1C[C@H]2Cc3nc(OS(=O)(=O)C(F)(F)F)c(-c4ccc5c(n4)C(=O)[C@@H]4C[C@@H](C)C[C@@]56[C@@H]4CCCN6C(=O)OC(C)(C)C)cc3[C@@]3(C1)[C@@H]2CCCN3C(=O)OC(C)(C)C. The van der Waals surface area contributed by atoms with Gasteiger partial charge in [0, 0.05) is 30.1 Å². The Morgan fingerprint density at radius 2 is 1.37 bits per heavy atom. The average molecular weight is 845 g/mol. The fourth-order valence-electron chi connectivity index (χ4n) is 12.0. The van der Waals surface area contributed by atoms with Crippen molar-refractivity contribution in [2.75, 3.05) is 13.1 Å². The summed E-state index contributed by atoms with van der Waals surface area (Å²) in [5, 5.41) is 0. The molecule has 2 saturated carbocycles. The largest absolute Gasteiger partial charge is 0.534 e. The number of fused-ring (bicyclic) bond motifs is 2. The molecule has 8 rings (SSSR count). The van der Waals surface area contributed by atoms with E-state index in [1.54, 1.807) is 69.5 Å². The number of carbonyl (C=O) groups excluding carboxylic acids is 3. The first kappa shape index (κ1) is 41.8. The highest BCUT2D eigenvalue weighted by Gasteiger charge is 2.63. The predicted molar refractivity (Wildman–Crippen MR) is 210 cm³/mol. The van der Waals surface area contributed by atoms with Crippen LogP contribution in [-0.2, 0) is 37.1 Å². The maximum absolute atomic E-state index is 14.6. The van der Waals surface area contributed by atoms with Crippen molar-refractivity contribution < 1.29 is 49.6 Å². The highest BCUT2D eigenvalue weighted by atomic mass is 32.2. The second-order valence-corrected chi connectivity index (χ2v) is 21.6. The van der Waals surface area contributed by atoms with E-state index in [0.717, 1.165) is 19.3 Å². The van der Waals surface area contributed by atoms with Crippen molar-refractivity contribution in [2.24, 2.45) is 35.5 Å². The van der Waals surface area contributed by atoms with Gasteiger partial charge in [-0.15, -0.1) is 0 Å². The lowest BCUT2D eigenvalue weighted by molar-refractivity contribution is -0.0934. The van der Waals surface area contributed by atoms with Crippen LogP contribution < -0.4 is 4.18 Å². The monoisotopic (exact) mass is 844 g/mol. The Hall–Kier alpha value is -3.95.